The molecular formula is C16H21NO4. The number of carbonyl (C=O) groups is 2. The summed E-state index contributed by atoms with van der Waals surface area (Å²) >= 11 is 0. The van der Waals surface area contributed by atoms with Crippen molar-refractivity contribution >= 4 is 11.9 Å². The number of carboxylic acid groups (broad SMARTS) is 1. The number of aliphatic carboxylic acids is 1. The van der Waals surface area contributed by atoms with Crippen molar-refractivity contribution in [1.29, 1.82) is 0 Å². The van der Waals surface area contributed by atoms with E-state index in [1.54, 1.807) is 11.0 Å². The molecule has 1 fully saturated rings. The predicted molar refractivity (Wildman–Crippen MR) is 78.3 cm³/mol. The fraction of sp³-hybridized carbons (Fsp3) is 0.500. The third-order valence-electron chi connectivity index (χ3n) is 3.71. The van der Waals surface area contributed by atoms with Gasteiger partial charge >= 0.3 is 5.97 Å². The summed E-state index contributed by atoms with van der Waals surface area (Å²) in [6.07, 6.45) is 1.89. The number of carbonyl (C=O) groups excluding carboxylic acids is 1. The average molecular weight is 291 g/mol. The van der Waals surface area contributed by atoms with E-state index in [1.807, 2.05) is 25.1 Å². The standard InChI is InChI=1S/C16H21NO4/c1-12-5-2-3-7-14(12)16(20)17(9-8-15(18)19)11-13-6-4-10-21-13/h2-3,5,7,13H,4,6,8-11H2,1H3,(H,18,19). The zero-order valence-corrected chi connectivity index (χ0v) is 12.2. The fourth-order valence-corrected chi connectivity index (χ4v) is 2.52. The van der Waals surface area contributed by atoms with E-state index in [4.69, 9.17) is 9.84 Å². The summed E-state index contributed by atoms with van der Waals surface area (Å²) in [6, 6.07) is 7.37. The highest BCUT2D eigenvalue weighted by Crippen LogP contribution is 2.17. The van der Waals surface area contributed by atoms with Gasteiger partial charge in [-0.1, -0.05) is 18.2 Å². The van der Waals surface area contributed by atoms with Crippen molar-refractivity contribution in [1.82, 2.24) is 4.90 Å². The first kappa shape index (κ1) is 15.5. The van der Waals surface area contributed by atoms with Gasteiger partial charge in [-0.2, -0.15) is 0 Å². The summed E-state index contributed by atoms with van der Waals surface area (Å²) < 4.78 is 5.57. The fourth-order valence-electron chi connectivity index (χ4n) is 2.52. The molecule has 5 nitrogen and oxygen atoms in total. The van der Waals surface area contributed by atoms with Crippen molar-refractivity contribution in [2.75, 3.05) is 19.7 Å². The molecule has 1 atom stereocenters. The summed E-state index contributed by atoms with van der Waals surface area (Å²) in [5.74, 6) is -1.02. The lowest BCUT2D eigenvalue weighted by molar-refractivity contribution is -0.137. The van der Waals surface area contributed by atoms with Crippen LogP contribution in [-0.4, -0.2) is 47.7 Å². The number of benzene rings is 1. The van der Waals surface area contributed by atoms with E-state index in [9.17, 15) is 9.59 Å². The molecule has 1 aromatic rings. The molecule has 0 radical (unpaired) electrons. The van der Waals surface area contributed by atoms with Crippen LogP contribution in [0.1, 0.15) is 35.2 Å². The Hall–Kier alpha value is -1.88. The second kappa shape index (κ2) is 7.22. The van der Waals surface area contributed by atoms with Gasteiger partial charge in [-0.3, -0.25) is 9.59 Å². The normalized spacial score (nSPS) is 17.7. The Morgan fingerprint density at radius 3 is 2.76 bits per heavy atom. The Kier molecular flexibility index (Phi) is 5.33. The highest BCUT2D eigenvalue weighted by Gasteiger charge is 2.24. The van der Waals surface area contributed by atoms with E-state index < -0.39 is 5.97 Å². The minimum Gasteiger partial charge on any atom is -0.481 e. The van der Waals surface area contributed by atoms with Crippen LogP contribution in [0, 0.1) is 6.92 Å². The van der Waals surface area contributed by atoms with Crippen molar-refractivity contribution in [2.45, 2.75) is 32.3 Å². The van der Waals surface area contributed by atoms with Gasteiger partial charge in [0.1, 0.15) is 0 Å². The molecule has 0 aromatic heterocycles. The lowest BCUT2D eigenvalue weighted by Crippen LogP contribution is -2.39. The zero-order chi connectivity index (χ0) is 15.2. The van der Waals surface area contributed by atoms with Gasteiger partial charge in [0.05, 0.1) is 12.5 Å². The first-order valence-corrected chi connectivity index (χ1v) is 7.26. The number of hydrogen-bond acceptors (Lipinski definition) is 3. The van der Waals surface area contributed by atoms with E-state index in [-0.39, 0.29) is 25.0 Å². The Balaban J connectivity index is 2.10. The second-order valence-electron chi connectivity index (χ2n) is 5.34. The average Bonchev–Trinajstić information content (AvgIpc) is 2.96. The monoisotopic (exact) mass is 291 g/mol. The molecule has 1 heterocycles. The molecule has 0 saturated carbocycles. The quantitative estimate of drug-likeness (QED) is 0.871. The van der Waals surface area contributed by atoms with Crippen LogP contribution in [0.2, 0.25) is 0 Å². The highest BCUT2D eigenvalue weighted by atomic mass is 16.5. The molecule has 1 aliphatic rings. The molecular weight excluding hydrogens is 270 g/mol. The molecule has 21 heavy (non-hydrogen) atoms. The van der Waals surface area contributed by atoms with Crippen molar-refractivity contribution in [3.63, 3.8) is 0 Å². The van der Waals surface area contributed by atoms with Crippen LogP contribution in [0.3, 0.4) is 0 Å². The number of amides is 1. The molecule has 0 bridgehead atoms. The summed E-state index contributed by atoms with van der Waals surface area (Å²) in [5, 5.41) is 8.86. The lowest BCUT2D eigenvalue weighted by Gasteiger charge is -2.25. The number of ether oxygens (including phenoxy) is 1. The molecule has 114 valence electrons. The Morgan fingerprint density at radius 1 is 1.38 bits per heavy atom. The summed E-state index contributed by atoms with van der Waals surface area (Å²) in [6.45, 7) is 3.27. The van der Waals surface area contributed by atoms with E-state index in [1.165, 1.54) is 0 Å². The highest BCUT2D eigenvalue weighted by molar-refractivity contribution is 5.95. The third-order valence-corrected chi connectivity index (χ3v) is 3.71. The van der Waals surface area contributed by atoms with Crippen LogP contribution < -0.4 is 0 Å². The number of nitrogens with zero attached hydrogens (tertiary/aromatic N) is 1. The Bertz CT molecular complexity index is 509. The van der Waals surface area contributed by atoms with Crippen molar-refractivity contribution in [3.05, 3.63) is 35.4 Å². The van der Waals surface area contributed by atoms with Crippen LogP contribution in [0.5, 0.6) is 0 Å². The molecule has 1 aromatic carbocycles. The molecule has 0 spiro atoms. The first-order valence-electron chi connectivity index (χ1n) is 7.26. The smallest absolute Gasteiger partial charge is 0.305 e. The minimum absolute atomic E-state index is 0.0202. The molecule has 1 amide bonds. The zero-order valence-electron chi connectivity index (χ0n) is 12.2. The maximum Gasteiger partial charge on any atom is 0.305 e. The molecule has 5 heteroatoms. The van der Waals surface area contributed by atoms with Gasteiger partial charge in [0.2, 0.25) is 0 Å². The SMILES string of the molecule is Cc1ccccc1C(=O)N(CCC(=O)O)CC1CCCO1. The largest absolute Gasteiger partial charge is 0.481 e. The van der Waals surface area contributed by atoms with Gasteiger partial charge in [0.15, 0.2) is 0 Å². The van der Waals surface area contributed by atoms with E-state index in [0.29, 0.717) is 12.1 Å². The van der Waals surface area contributed by atoms with Crippen LogP contribution in [-0.2, 0) is 9.53 Å². The lowest BCUT2D eigenvalue weighted by atomic mass is 10.1. The number of carboxylic acids is 1. The molecule has 1 unspecified atom stereocenters. The minimum atomic E-state index is -0.898. The van der Waals surface area contributed by atoms with Crippen LogP contribution >= 0.6 is 0 Å². The topological polar surface area (TPSA) is 66.8 Å². The molecule has 1 N–H and O–H groups in total. The van der Waals surface area contributed by atoms with E-state index in [0.717, 1.165) is 25.0 Å². The van der Waals surface area contributed by atoms with E-state index in [2.05, 4.69) is 0 Å². The van der Waals surface area contributed by atoms with Crippen LogP contribution in [0.15, 0.2) is 24.3 Å². The number of hydrogen-bond donors (Lipinski definition) is 1. The predicted octanol–water partition coefficient (Wildman–Crippen LogP) is 2.09. The summed E-state index contributed by atoms with van der Waals surface area (Å²) in [4.78, 5) is 25.0. The Labute approximate surface area is 124 Å². The third kappa shape index (κ3) is 4.29. The van der Waals surface area contributed by atoms with Gasteiger partial charge in [-0.05, 0) is 31.4 Å². The maximum absolute atomic E-state index is 12.6. The van der Waals surface area contributed by atoms with Crippen molar-refractivity contribution < 1.29 is 19.4 Å². The summed E-state index contributed by atoms with van der Waals surface area (Å²) in [5.41, 5.74) is 1.52. The van der Waals surface area contributed by atoms with Gasteiger partial charge in [0.25, 0.3) is 5.91 Å². The van der Waals surface area contributed by atoms with Crippen molar-refractivity contribution in [2.24, 2.45) is 0 Å². The Morgan fingerprint density at radius 2 is 2.14 bits per heavy atom. The first-order chi connectivity index (χ1) is 10.1. The van der Waals surface area contributed by atoms with Crippen LogP contribution in [0.25, 0.3) is 0 Å². The summed E-state index contributed by atoms with van der Waals surface area (Å²) in [7, 11) is 0. The van der Waals surface area contributed by atoms with Gasteiger partial charge < -0.3 is 14.7 Å². The second-order valence-corrected chi connectivity index (χ2v) is 5.34. The molecule has 1 saturated heterocycles. The van der Waals surface area contributed by atoms with E-state index >= 15 is 0 Å². The van der Waals surface area contributed by atoms with Crippen LogP contribution in [0.4, 0.5) is 0 Å². The number of rotatable bonds is 6. The van der Waals surface area contributed by atoms with Gasteiger partial charge in [-0.15, -0.1) is 0 Å². The molecule has 0 aliphatic carbocycles. The van der Waals surface area contributed by atoms with Gasteiger partial charge in [0, 0.05) is 25.3 Å². The molecule has 2 rings (SSSR count). The maximum atomic E-state index is 12.6. The van der Waals surface area contributed by atoms with Crippen molar-refractivity contribution in [3.8, 4) is 0 Å². The molecule has 1 aliphatic heterocycles. The van der Waals surface area contributed by atoms with Gasteiger partial charge in [-0.25, -0.2) is 0 Å². The number of aryl methyl sites for hydroxylation is 1.